The summed E-state index contributed by atoms with van der Waals surface area (Å²) in [6, 6.07) is 9.07. The van der Waals surface area contributed by atoms with Gasteiger partial charge in [-0.15, -0.1) is 0 Å². The van der Waals surface area contributed by atoms with Crippen molar-refractivity contribution in [2.24, 2.45) is 5.92 Å². The van der Waals surface area contributed by atoms with Crippen LogP contribution < -0.4 is 5.32 Å². The van der Waals surface area contributed by atoms with Crippen molar-refractivity contribution in [2.75, 3.05) is 13.7 Å². The molecule has 0 spiro atoms. The van der Waals surface area contributed by atoms with Crippen LogP contribution in [0.2, 0.25) is 0 Å². The molecule has 1 aromatic rings. The van der Waals surface area contributed by atoms with Gasteiger partial charge >= 0.3 is 5.97 Å². The van der Waals surface area contributed by atoms with Crippen LogP contribution >= 0.6 is 0 Å². The number of amides is 1. The highest BCUT2D eigenvalue weighted by molar-refractivity contribution is 5.85. The fourth-order valence-electron chi connectivity index (χ4n) is 2.12. The Hall–Kier alpha value is -1.88. The fourth-order valence-corrected chi connectivity index (χ4v) is 2.12. The lowest BCUT2D eigenvalue weighted by molar-refractivity contribution is -0.146. The summed E-state index contributed by atoms with van der Waals surface area (Å²) >= 11 is 0. The molecule has 0 bridgehead atoms. The van der Waals surface area contributed by atoms with Gasteiger partial charge in [0.05, 0.1) is 13.7 Å². The average molecular weight is 291 g/mol. The summed E-state index contributed by atoms with van der Waals surface area (Å²) in [5, 5.41) is 2.69. The topological polar surface area (TPSA) is 64.6 Å². The van der Waals surface area contributed by atoms with Crippen molar-refractivity contribution < 1.29 is 19.1 Å². The summed E-state index contributed by atoms with van der Waals surface area (Å²) in [5.41, 5.74) is 1.01. The van der Waals surface area contributed by atoms with Crippen LogP contribution in [0.3, 0.4) is 0 Å². The minimum Gasteiger partial charge on any atom is -0.467 e. The Morgan fingerprint density at radius 3 is 2.62 bits per heavy atom. The number of esters is 1. The van der Waals surface area contributed by atoms with Gasteiger partial charge in [0.25, 0.3) is 0 Å². The van der Waals surface area contributed by atoms with Gasteiger partial charge in [-0.2, -0.15) is 0 Å². The lowest BCUT2D eigenvalue weighted by Crippen LogP contribution is -2.43. The van der Waals surface area contributed by atoms with Crippen LogP contribution in [0.15, 0.2) is 30.3 Å². The smallest absolute Gasteiger partial charge is 0.328 e. The Morgan fingerprint density at radius 2 is 2.00 bits per heavy atom. The van der Waals surface area contributed by atoms with Crippen molar-refractivity contribution in [2.45, 2.75) is 31.9 Å². The molecule has 1 aliphatic carbocycles. The molecule has 0 saturated heterocycles. The first-order valence-electron chi connectivity index (χ1n) is 7.18. The van der Waals surface area contributed by atoms with Crippen molar-refractivity contribution in [3.05, 3.63) is 35.9 Å². The van der Waals surface area contributed by atoms with Gasteiger partial charge in [-0.3, -0.25) is 4.79 Å². The quantitative estimate of drug-likeness (QED) is 0.740. The number of ether oxygens (including phenoxy) is 2. The number of benzene rings is 1. The minimum atomic E-state index is -0.560. The summed E-state index contributed by atoms with van der Waals surface area (Å²) in [4.78, 5) is 23.5. The maximum absolute atomic E-state index is 11.8. The maximum Gasteiger partial charge on any atom is 0.328 e. The predicted molar refractivity (Wildman–Crippen MR) is 77.4 cm³/mol. The Morgan fingerprint density at radius 1 is 1.29 bits per heavy atom. The Bertz CT molecular complexity index is 470. The summed E-state index contributed by atoms with van der Waals surface area (Å²) in [7, 11) is 1.33. The molecule has 1 aromatic carbocycles. The third-order valence-corrected chi connectivity index (χ3v) is 3.43. The van der Waals surface area contributed by atoms with Gasteiger partial charge in [-0.25, -0.2) is 4.79 Å². The monoisotopic (exact) mass is 291 g/mol. The molecule has 1 N–H and O–H groups in total. The third-order valence-electron chi connectivity index (χ3n) is 3.43. The number of hydrogen-bond donors (Lipinski definition) is 1. The molecule has 114 valence electrons. The minimum absolute atomic E-state index is 0.0624. The molecule has 0 aromatic heterocycles. The van der Waals surface area contributed by atoms with E-state index in [1.165, 1.54) is 7.11 Å². The van der Waals surface area contributed by atoms with Crippen LogP contribution in [-0.4, -0.2) is 31.6 Å². The molecule has 21 heavy (non-hydrogen) atoms. The van der Waals surface area contributed by atoms with Gasteiger partial charge in [0.15, 0.2) is 0 Å². The summed E-state index contributed by atoms with van der Waals surface area (Å²) in [5.74, 6) is -0.153. The Labute approximate surface area is 124 Å². The van der Waals surface area contributed by atoms with E-state index in [1.807, 2.05) is 30.3 Å². The van der Waals surface area contributed by atoms with E-state index in [4.69, 9.17) is 9.47 Å². The average Bonchev–Trinajstić information content (AvgIpc) is 3.31. The zero-order valence-electron chi connectivity index (χ0n) is 12.2. The van der Waals surface area contributed by atoms with Gasteiger partial charge < -0.3 is 14.8 Å². The van der Waals surface area contributed by atoms with E-state index >= 15 is 0 Å². The molecular weight excluding hydrogens is 270 g/mol. The molecule has 1 fully saturated rings. The van der Waals surface area contributed by atoms with E-state index < -0.39 is 12.0 Å². The SMILES string of the molecule is COC(=O)[C@@H](CC1CC1)NC(=O)COCc1ccccc1. The van der Waals surface area contributed by atoms with E-state index in [0.29, 0.717) is 18.9 Å². The van der Waals surface area contributed by atoms with Crippen molar-refractivity contribution in [1.82, 2.24) is 5.32 Å². The van der Waals surface area contributed by atoms with Crippen molar-refractivity contribution in [3.63, 3.8) is 0 Å². The van der Waals surface area contributed by atoms with E-state index in [-0.39, 0.29) is 12.5 Å². The molecular formula is C16H21NO4. The number of methoxy groups -OCH3 is 1. The highest BCUT2D eigenvalue weighted by Gasteiger charge is 2.30. The molecule has 2 rings (SSSR count). The first-order valence-corrected chi connectivity index (χ1v) is 7.18. The van der Waals surface area contributed by atoms with Crippen LogP contribution in [-0.2, 0) is 25.7 Å². The molecule has 1 saturated carbocycles. The molecule has 0 unspecified atom stereocenters. The molecule has 1 amide bonds. The first kappa shape index (κ1) is 15.5. The molecule has 1 aliphatic rings. The molecule has 0 heterocycles. The van der Waals surface area contributed by atoms with Crippen molar-refractivity contribution >= 4 is 11.9 Å². The second-order valence-corrected chi connectivity index (χ2v) is 5.30. The van der Waals surface area contributed by atoms with Crippen LogP contribution in [0.25, 0.3) is 0 Å². The summed E-state index contributed by atoms with van der Waals surface area (Å²) in [6.45, 7) is 0.312. The highest BCUT2D eigenvalue weighted by Crippen LogP contribution is 2.33. The number of hydrogen-bond acceptors (Lipinski definition) is 4. The van der Waals surface area contributed by atoms with Gasteiger partial charge in [0, 0.05) is 0 Å². The Kier molecular flexibility index (Phi) is 5.75. The number of carbonyl (C=O) groups is 2. The zero-order chi connectivity index (χ0) is 15.1. The highest BCUT2D eigenvalue weighted by atomic mass is 16.5. The second-order valence-electron chi connectivity index (χ2n) is 5.30. The largest absolute Gasteiger partial charge is 0.467 e. The molecule has 0 radical (unpaired) electrons. The third kappa shape index (κ3) is 5.55. The van der Waals surface area contributed by atoms with Crippen LogP contribution in [0.4, 0.5) is 0 Å². The van der Waals surface area contributed by atoms with Crippen LogP contribution in [0.5, 0.6) is 0 Å². The van der Waals surface area contributed by atoms with Gasteiger partial charge in [0.2, 0.25) is 5.91 Å². The molecule has 5 nitrogen and oxygen atoms in total. The standard InChI is InChI=1S/C16H21NO4/c1-20-16(19)14(9-12-7-8-12)17-15(18)11-21-10-13-5-3-2-4-6-13/h2-6,12,14H,7-11H2,1H3,(H,17,18)/t14-/m1/s1. The van der Waals surface area contributed by atoms with Crippen molar-refractivity contribution in [3.8, 4) is 0 Å². The number of rotatable bonds is 8. The summed E-state index contributed by atoms with van der Waals surface area (Å²) < 4.78 is 10.1. The van der Waals surface area contributed by atoms with Crippen LogP contribution in [0.1, 0.15) is 24.8 Å². The first-order chi connectivity index (χ1) is 10.2. The Balaban J connectivity index is 1.72. The van der Waals surface area contributed by atoms with E-state index in [2.05, 4.69) is 5.32 Å². The number of nitrogens with one attached hydrogen (secondary N) is 1. The maximum atomic E-state index is 11.8. The predicted octanol–water partition coefficient (Wildman–Crippen LogP) is 1.66. The lowest BCUT2D eigenvalue weighted by atomic mass is 10.1. The fraction of sp³-hybridized carbons (Fsp3) is 0.500. The van der Waals surface area contributed by atoms with Crippen molar-refractivity contribution in [1.29, 1.82) is 0 Å². The van der Waals surface area contributed by atoms with Gasteiger partial charge in [-0.05, 0) is 17.9 Å². The summed E-state index contributed by atoms with van der Waals surface area (Å²) in [6.07, 6.45) is 2.89. The van der Waals surface area contributed by atoms with Gasteiger partial charge in [0.1, 0.15) is 12.6 Å². The lowest BCUT2D eigenvalue weighted by Gasteiger charge is -2.16. The number of carbonyl (C=O) groups excluding carboxylic acids is 2. The van der Waals surface area contributed by atoms with E-state index in [0.717, 1.165) is 18.4 Å². The molecule has 0 aliphatic heterocycles. The zero-order valence-corrected chi connectivity index (χ0v) is 12.2. The van der Waals surface area contributed by atoms with Crippen LogP contribution in [0, 0.1) is 5.92 Å². The van der Waals surface area contributed by atoms with Gasteiger partial charge in [-0.1, -0.05) is 43.2 Å². The molecule has 1 atom stereocenters. The molecule has 5 heteroatoms. The normalized spacial score (nSPS) is 15.3. The van der Waals surface area contributed by atoms with E-state index in [1.54, 1.807) is 0 Å². The second kappa shape index (κ2) is 7.78. The van der Waals surface area contributed by atoms with E-state index in [9.17, 15) is 9.59 Å².